The number of amides is 2. The molecule has 0 bridgehead atoms. The van der Waals surface area contributed by atoms with Crippen molar-refractivity contribution < 1.29 is 18.7 Å². The van der Waals surface area contributed by atoms with Gasteiger partial charge in [0, 0.05) is 24.6 Å². The van der Waals surface area contributed by atoms with E-state index in [1.165, 1.54) is 24.5 Å². The summed E-state index contributed by atoms with van der Waals surface area (Å²) in [5.74, 6) is -0.0602. The van der Waals surface area contributed by atoms with E-state index in [4.69, 9.17) is 9.68 Å². The lowest BCUT2D eigenvalue weighted by Gasteiger charge is -2.17. The molecule has 0 fully saturated rings. The maximum atomic E-state index is 13.6. The predicted octanol–water partition coefficient (Wildman–Crippen LogP) is 2.60. The molecular weight excluding hydrogens is 313 g/mol. The van der Waals surface area contributed by atoms with Crippen LogP contribution in [0.1, 0.15) is 36.3 Å². The second-order valence-electron chi connectivity index (χ2n) is 5.41. The highest BCUT2D eigenvalue weighted by Gasteiger charge is 2.16. The van der Waals surface area contributed by atoms with Crippen LogP contribution < -0.4 is 10.6 Å². The molecule has 126 valence electrons. The lowest BCUT2D eigenvalue weighted by molar-refractivity contribution is 0.129. The molecule has 0 radical (unpaired) electrons. The van der Waals surface area contributed by atoms with Crippen molar-refractivity contribution in [3.8, 4) is 6.07 Å². The molecule has 2 aromatic rings. The Kier molecular flexibility index (Phi) is 5.93. The van der Waals surface area contributed by atoms with E-state index in [0.29, 0.717) is 11.3 Å². The van der Waals surface area contributed by atoms with Crippen LogP contribution in [0.25, 0.3) is 0 Å². The molecule has 1 aromatic carbocycles. The van der Waals surface area contributed by atoms with Crippen LogP contribution in [0, 0.1) is 17.1 Å². The van der Waals surface area contributed by atoms with E-state index >= 15 is 0 Å². The van der Waals surface area contributed by atoms with Gasteiger partial charge in [0.25, 0.3) is 0 Å². The first kappa shape index (κ1) is 17.5. The van der Waals surface area contributed by atoms with Crippen LogP contribution in [0.3, 0.4) is 0 Å². The third-order valence-electron chi connectivity index (χ3n) is 3.44. The van der Waals surface area contributed by atoms with Gasteiger partial charge < -0.3 is 20.2 Å². The average molecular weight is 331 g/mol. The molecule has 6 nitrogen and oxygen atoms in total. The molecule has 1 heterocycles. The molecular formula is C17H18FN3O3. The van der Waals surface area contributed by atoms with E-state index in [2.05, 4.69) is 10.6 Å². The first-order valence-corrected chi connectivity index (χ1v) is 7.44. The van der Waals surface area contributed by atoms with E-state index in [-0.39, 0.29) is 24.6 Å². The largest absolute Gasteiger partial charge is 0.467 e. The highest BCUT2D eigenvalue weighted by molar-refractivity contribution is 5.74. The first-order chi connectivity index (χ1) is 11.5. The van der Waals surface area contributed by atoms with Crippen molar-refractivity contribution in [3.05, 3.63) is 59.3 Å². The van der Waals surface area contributed by atoms with Gasteiger partial charge in [-0.3, -0.25) is 0 Å². The minimum Gasteiger partial charge on any atom is -0.467 e. The van der Waals surface area contributed by atoms with Crippen molar-refractivity contribution in [3.63, 3.8) is 0 Å². The second kappa shape index (κ2) is 8.13. The number of carbonyl (C=O) groups excluding carboxylic acids is 1. The molecule has 24 heavy (non-hydrogen) atoms. The highest BCUT2D eigenvalue weighted by Crippen LogP contribution is 2.18. The molecule has 0 spiro atoms. The standard InChI is InChI=1S/C17H18FN3O3/c1-11(7-15(22)16-3-2-6-24-16)21-17(23)20-10-13-8-12(9-19)4-5-14(13)18/h2-6,8,11,15,22H,7,10H2,1H3,(H2,20,21,23)/t11-,15+/m0/s1. The van der Waals surface area contributed by atoms with Gasteiger partial charge in [0.15, 0.2) is 0 Å². The minimum absolute atomic E-state index is 0.0410. The SMILES string of the molecule is C[C@@H](C[C@@H](O)c1ccco1)NC(=O)NCc1cc(C#N)ccc1F. The Morgan fingerprint density at radius 2 is 2.25 bits per heavy atom. The Bertz CT molecular complexity index is 725. The number of nitrogens with one attached hydrogen (secondary N) is 2. The number of hydrogen-bond acceptors (Lipinski definition) is 4. The number of furan rings is 1. The van der Waals surface area contributed by atoms with Crippen molar-refractivity contribution in [2.24, 2.45) is 0 Å². The number of carbonyl (C=O) groups is 1. The number of rotatable bonds is 6. The minimum atomic E-state index is -0.819. The zero-order chi connectivity index (χ0) is 17.5. The maximum Gasteiger partial charge on any atom is 0.315 e. The number of urea groups is 1. The van der Waals surface area contributed by atoms with Gasteiger partial charge in [-0.2, -0.15) is 5.26 Å². The fraction of sp³-hybridized carbons (Fsp3) is 0.294. The molecule has 2 atom stereocenters. The summed E-state index contributed by atoms with van der Waals surface area (Å²) in [5, 5.41) is 23.9. The van der Waals surface area contributed by atoms with E-state index in [0.717, 1.165) is 0 Å². The van der Waals surface area contributed by atoms with E-state index in [9.17, 15) is 14.3 Å². The number of aliphatic hydroxyl groups excluding tert-OH is 1. The highest BCUT2D eigenvalue weighted by atomic mass is 19.1. The Hall–Kier alpha value is -2.85. The van der Waals surface area contributed by atoms with Crippen LogP contribution in [0.5, 0.6) is 0 Å². The van der Waals surface area contributed by atoms with Gasteiger partial charge >= 0.3 is 6.03 Å². The monoisotopic (exact) mass is 331 g/mol. The van der Waals surface area contributed by atoms with Gasteiger partial charge in [-0.15, -0.1) is 0 Å². The molecule has 0 aliphatic rings. The van der Waals surface area contributed by atoms with Gasteiger partial charge in [-0.05, 0) is 37.3 Å². The van der Waals surface area contributed by atoms with Gasteiger partial charge in [-0.25, -0.2) is 9.18 Å². The summed E-state index contributed by atoms with van der Waals surface area (Å²) >= 11 is 0. The topological polar surface area (TPSA) is 98.3 Å². The molecule has 2 amide bonds. The quantitative estimate of drug-likeness (QED) is 0.758. The molecule has 7 heteroatoms. The van der Waals surface area contributed by atoms with Gasteiger partial charge in [-0.1, -0.05) is 0 Å². The van der Waals surface area contributed by atoms with E-state index in [1.54, 1.807) is 19.1 Å². The zero-order valence-corrected chi connectivity index (χ0v) is 13.1. The maximum absolute atomic E-state index is 13.6. The molecule has 0 saturated heterocycles. The van der Waals surface area contributed by atoms with Gasteiger partial charge in [0.1, 0.15) is 17.7 Å². The Balaban J connectivity index is 1.82. The van der Waals surface area contributed by atoms with Crippen molar-refractivity contribution in [2.75, 3.05) is 0 Å². The van der Waals surface area contributed by atoms with Crippen LogP contribution in [-0.4, -0.2) is 17.2 Å². The fourth-order valence-corrected chi connectivity index (χ4v) is 2.22. The van der Waals surface area contributed by atoms with Crippen molar-refractivity contribution in [1.82, 2.24) is 10.6 Å². The van der Waals surface area contributed by atoms with Crippen LogP contribution in [-0.2, 0) is 6.54 Å². The zero-order valence-electron chi connectivity index (χ0n) is 13.1. The van der Waals surface area contributed by atoms with Crippen LogP contribution in [0.2, 0.25) is 0 Å². The third kappa shape index (κ3) is 4.83. The normalized spacial score (nSPS) is 12.9. The lowest BCUT2D eigenvalue weighted by Crippen LogP contribution is -2.41. The molecule has 0 unspecified atom stereocenters. The first-order valence-electron chi connectivity index (χ1n) is 7.44. The molecule has 0 aliphatic heterocycles. The number of hydrogen-bond donors (Lipinski definition) is 3. The summed E-state index contributed by atoms with van der Waals surface area (Å²) in [7, 11) is 0. The Morgan fingerprint density at radius 3 is 2.92 bits per heavy atom. The molecule has 0 aliphatic carbocycles. The summed E-state index contributed by atoms with van der Waals surface area (Å²) in [5.41, 5.74) is 0.552. The lowest BCUT2D eigenvalue weighted by atomic mass is 10.1. The Morgan fingerprint density at radius 1 is 1.46 bits per heavy atom. The van der Waals surface area contributed by atoms with Crippen LogP contribution in [0.15, 0.2) is 41.0 Å². The average Bonchev–Trinajstić information content (AvgIpc) is 3.08. The smallest absolute Gasteiger partial charge is 0.315 e. The van der Waals surface area contributed by atoms with Gasteiger partial charge in [0.2, 0.25) is 0 Å². The number of benzene rings is 1. The summed E-state index contributed by atoms with van der Waals surface area (Å²) in [6.45, 7) is 1.70. The van der Waals surface area contributed by atoms with E-state index < -0.39 is 18.0 Å². The van der Waals surface area contributed by atoms with Crippen molar-refractivity contribution >= 4 is 6.03 Å². The molecule has 3 N–H and O–H groups in total. The fourth-order valence-electron chi connectivity index (χ4n) is 2.22. The summed E-state index contributed by atoms with van der Waals surface area (Å²) < 4.78 is 18.7. The summed E-state index contributed by atoms with van der Waals surface area (Å²) in [6.07, 6.45) is 0.923. The number of nitriles is 1. The van der Waals surface area contributed by atoms with Gasteiger partial charge in [0.05, 0.1) is 17.9 Å². The van der Waals surface area contributed by atoms with Crippen molar-refractivity contribution in [1.29, 1.82) is 5.26 Å². The number of halogens is 1. The van der Waals surface area contributed by atoms with Crippen LogP contribution >= 0.6 is 0 Å². The number of nitrogens with zero attached hydrogens (tertiary/aromatic N) is 1. The Labute approximate surface area is 138 Å². The summed E-state index contributed by atoms with van der Waals surface area (Å²) in [4.78, 5) is 11.8. The third-order valence-corrected chi connectivity index (χ3v) is 3.44. The molecule has 2 rings (SSSR count). The van der Waals surface area contributed by atoms with Crippen LogP contribution in [0.4, 0.5) is 9.18 Å². The molecule has 0 saturated carbocycles. The van der Waals surface area contributed by atoms with Crippen molar-refractivity contribution in [2.45, 2.75) is 32.0 Å². The predicted molar refractivity (Wildman–Crippen MR) is 84.2 cm³/mol. The second-order valence-corrected chi connectivity index (χ2v) is 5.41. The number of aliphatic hydroxyl groups is 1. The summed E-state index contributed by atoms with van der Waals surface area (Å²) in [6, 6.07) is 8.39. The molecule has 1 aromatic heterocycles. The van der Waals surface area contributed by atoms with E-state index in [1.807, 2.05) is 6.07 Å².